The molecule has 0 unspecified atom stereocenters. The van der Waals surface area contributed by atoms with Crippen LogP contribution in [0.5, 0.6) is 0 Å². The van der Waals surface area contributed by atoms with E-state index in [4.69, 9.17) is 0 Å². The van der Waals surface area contributed by atoms with Gasteiger partial charge in [0.25, 0.3) is 0 Å². The van der Waals surface area contributed by atoms with Crippen molar-refractivity contribution in [2.75, 3.05) is 4.90 Å². The second-order valence-electron chi connectivity index (χ2n) is 15.0. The van der Waals surface area contributed by atoms with E-state index in [9.17, 15) is 0 Å². The minimum Gasteiger partial charge on any atom is -0.310 e. The van der Waals surface area contributed by atoms with Gasteiger partial charge in [-0.3, -0.25) is 0 Å². The summed E-state index contributed by atoms with van der Waals surface area (Å²) in [6.07, 6.45) is 0. The van der Waals surface area contributed by atoms with Crippen molar-refractivity contribution in [1.82, 2.24) is 4.57 Å². The SMILES string of the molecule is CC(C)(C)c1cc(-c2ccccc2)cc(N(c2ccccc2)c2ccc3ccc4c(-n5c6ccccc6c6ccccc65)ccc5ccc2c3c54)c1. The van der Waals surface area contributed by atoms with Crippen LogP contribution >= 0.6 is 0 Å². The monoisotopic (exact) mass is 666 g/mol. The molecule has 248 valence electrons. The van der Waals surface area contributed by atoms with Crippen molar-refractivity contribution < 1.29 is 0 Å². The Hall–Kier alpha value is -6.38. The van der Waals surface area contributed by atoms with Crippen LogP contribution in [0.1, 0.15) is 26.3 Å². The first kappa shape index (κ1) is 30.4. The number of rotatable bonds is 5. The summed E-state index contributed by atoms with van der Waals surface area (Å²) in [5.74, 6) is 0. The van der Waals surface area contributed by atoms with Crippen molar-refractivity contribution in [3.8, 4) is 16.8 Å². The Kier molecular flexibility index (Phi) is 6.78. The molecule has 1 heterocycles. The van der Waals surface area contributed by atoms with E-state index in [2.05, 4.69) is 206 Å². The first-order valence-electron chi connectivity index (χ1n) is 18.2. The molecule has 0 fully saturated rings. The maximum atomic E-state index is 2.46. The van der Waals surface area contributed by atoms with Crippen molar-refractivity contribution >= 4 is 71.2 Å². The quantitative estimate of drug-likeness (QED) is 0.166. The van der Waals surface area contributed by atoms with Gasteiger partial charge in [0.15, 0.2) is 0 Å². The van der Waals surface area contributed by atoms with Gasteiger partial charge in [-0.1, -0.05) is 148 Å². The smallest absolute Gasteiger partial charge is 0.0541 e. The molecule has 2 nitrogen and oxygen atoms in total. The summed E-state index contributed by atoms with van der Waals surface area (Å²) in [5, 5.41) is 10.1. The van der Waals surface area contributed by atoms with Crippen LogP contribution < -0.4 is 4.90 Å². The van der Waals surface area contributed by atoms with Gasteiger partial charge in [-0.05, 0) is 92.2 Å². The number of benzene rings is 9. The molecule has 0 radical (unpaired) electrons. The van der Waals surface area contributed by atoms with Crippen LogP contribution in [0.3, 0.4) is 0 Å². The lowest BCUT2D eigenvalue weighted by molar-refractivity contribution is 0.590. The van der Waals surface area contributed by atoms with Crippen LogP contribution in [0, 0.1) is 0 Å². The van der Waals surface area contributed by atoms with Crippen LogP contribution in [0.25, 0.3) is 70.9 Å². The number of hydrogen-bond acceptors (Lipinski definition) is 1. The lowest BCUT2D eigenvalue weighted by Crippen LogP contribution is -2.15. The molecule has 0 bridgehead atoms. The fourth-order valence-corrected chi connectivity index (χ4v) is 8.32. The van der Waals surface area contributed by atoms with E-state index in [1.54, 1.807) is 0 Å². The van der Waals surface area contributed by atoms with E-state index in [1.165, 1.54) is 82.2 Å². The maximum absolute atomic E-state index is 2.46. The average Bonchev–Trinajstić information content (AvgIpc) is 3.52. The zero-order valence-corrected chi connectivity index (χ0v) is 29.6. The van der Waals surface area contributed by atoms with Crippen molar-refractivity contribution in [3.63, 3.8) is 0 Å². The summed E-state index contributed by atoms with van der Waals surface area (Å²) in [6, 6.07) is 64.8. The predicted octanol–water partition coefficient (Wildman–Crippen LogP) is 14.1. The van der Waals surface area contributed by atoms with Crippen LogP contribution in [0.15, 0.2) is 176 Å². The van der Waals surface area contributed by atoms with Crippen molar-refractivity contribution in [2.24, 2.45) is 0 Å². The Labute approximate surface area is 304 Å². The normalized spacial score (nSPS) is 12.1. The van der Waals surface area contributed by atoms with Gasteiger partial charge in [-0.15, -0.1) is 0 Å². The largest absolute Gasteiger partial charge is 0.310 e. The van der Waals surface area contributed by atoms with Gasteiger partial charge >= 0.3 is 0 Å². The molecule has 10 rings (SSSR count). The third-order valence-corrected chi connectivity index (χ3v) is 10.8. The molecule has 0 aliphatic carbocycles. The Morgan fingerprint density at radius 3 is 1.65 bits per heavy atom. The summed E-state index contributed by atoms with van der Waals surface area (Å²) in [5.41, 5.74) is 10.8. The van der Waals surface area contributed by atoms with Gasteiger partial charge in [0.2, 0.25) is 0 Å². The standard InChI is InChI=1S/C50H38N2/c1-50(2,3)37-30-36(33-14-6-4-7-15-33)31-39(32-37)51(38-16-8-5-9-17-38)46-28-24-34-23-27-43-47(29-25-35-22-26-42(46)48(34)49(35)43)52-44-20-12-10-18-40(44)41-19-11-13-21-45(41)52/h4-32H,1-3H3. The van der Waals surface area contributed by atoms with Gasteiger partial charge in [-0.2, -0.15) is 0 Å². The molecule has 0 saturated heterocycles. The lowest BCUT2D eigenvalue weighted by atomic mass is 9.84. The Morgan fingerprint density at radius 1 is 0.423 bits per heavy atom. The number of anilines is 3. The molecule has 0 N–H and O–H groups in total. The van der Waals surface area contributed by atoms with Gasteiger partial charge < -0.3 is 9.47 Å². The Balaban J connectivity index is 1.26. The van der Waals surface area contributed by atoms with E-state index in [-0.39, 0.29) is 5.41 Å². The third-order valence-electron chi connectivity index (χ3n) is 10.8. The highest BCUT2D eigenvalue weighted by molar-refractivity contribution is 6.27. The fourth-order valence-electron chi connectivity index (χ4n) is 8.32. The molecule has 9 aromatic carbocycles. The highest BCUT2D eigenvalue weighted by Gasteiger charge is 2.23. The molecule has 0 aliphatic rings. The molecular weight excluding hydrogens is 629 g/mol. The molecule has 0 spiro atoms. The molecular formula is C50H38N2. The molecule has 0 amide bonds. The molecule has 0 aliphatic heterocycles. The summed E-state index contributed by atoms with van der Waals surface area (Å²) in [4.78, 5) is 2.46. The van der Waals surface area contributed by atoms with Crippen molar-refractivity contribution in [1.29, 1.82) is 0 Å². The van der Waals surface area contributed by atoms with Gasteiger partial charge in [-0.25, -0.2) is 0 Å². The topological polar surface area (TPSA) is 8.17 Å². The third kappa shape index (κ3) is 4.72. The summed E-state index contributed by atoms with van der Waals surface area (Å²) in [7, 11) is 0. The van der Waals surface area contributed by atoms with Crippen LogP contribution in [-0.4, -0.2) is 4.57 Å². The van der Waals surface area contributed by atoms with Crippen LogP contribution in [0.4, 0.5) is 17.1 Å². The van der Waals surface area contributed by atoms with E-state index < -0.39 is 0 Å². The minimum atomic E-state index is -0.0340. The van der Waals surface area contributed by atoms with E-state index >= 15 is 0 Å². The summed E-state index contributed by atoms with van der Waals surface area (Å²) >= 11 is 0. The number of nitrogens with zero attached hydrogens (tertiary/aromatic N) is 2. The average molecular weight is 667 g/mol. The van der Waals surface area contributed by atoms with Crippen LogP contribution in [-0.2, 0) is 5.41 Å². The second-order valence-corrected chi connectivity index (χ2v) is 15.0. The number of aromatic nitrogens is 1. The molecule has 1 aromatic heterocycles. The Bertz CT molecular complexity index is 2870. The number of fused-ring (bicyclic) bond motifs is 3. The number of hydrogen-bond donors (Lipinski definition) is 0. The molecule has 52 heavy (non-hydrogen) atoms. The van der Waals surface area contributed by atoms with Gasteiger partial charge in [0.1, 0.15) is 0 Å². The first-order chi connectivity index (χ1) is 25.4. The maximum Gasteiger partial charge on any atom is 0.0541 e. The first-order valence-corrected chi connectivity index (χ1v) is 18.2. The summed E-state index contributed by atoms with van der Waals surface area (Å²) in [6.45, 7) is 6.91. The highest BCUT2D eigenvalue weighted by Crippen LogP contribution is 2.47. The fraction of sp³-hybridized carbons (Fsp3) is 0.0800. The molecule has 0 saturated carbocycles. The van der Waals surface area contributed by atoms with Gasteiger partial charge in [0.05, 0.1) is 22.4 Å². The lowest BCUT2D eigenvalue weighted by Gasteiger charge is -2.30. The zero-order chi connectivity index (χ0) is 35.0. The second kappa shape index (κ2) is 11.6. The predicted molar refractivity (Wildman–Crippen MR) is 223 cm³/mol. The zero-order valence-electron chi connectivity index (χ0n) is 29.6. The van der Waals surface area contributed by atoms with E-state index in [1.807, 2.05) is 0 Å². The van der Waals surface area contributed by atoms with Crippen molar-refractivity contribution in [3.05, 3.63) is 181 Å². The number of para-hydroxylation sites is 3. The van der Waals surface area contributed by atoms with E-state index in [0.717, 1.165) is 11.4 Å². The summed E-state index contributed by atoms with van der Waals surface area (Å²) < 4.78 is 2.46. The molecule has 10 aromatic rings. The molecule has 2 heteroatoms. The van der Waals surface area contributed by atoms with E-state index in [0.29, 0.717) is 0 Å². The van der Waals surface area contributed by atoms with Crippen LogP contribution in [0.2, 0.25) is 0 Å². The highest BCUT2D eigenvalue weighted by atomic mass is 15.1. The Morgan fingerprint density at radius 2 is 0.981 bits per heavy atom. The van der Waals surface area contributed by atoms with Gasteiger partial charge in [0, 0.05) is 32.9 Å². The molecule has 0 atom stereocenters. The van der Waals surface area contributed by atoms with Crippen molar-refractivity contribution in [2.45, 2.75) is 26.2 Å². The minimum absolute atomic E-state index is 0.0340.